The number of aromatic nitrogens is 2. The molecular weight excluding hydrogens is 300 g/mol. The molecule has 0 bridgehead atoms. The van der Waals surface area contributed by atoms with Gasteiger partial charge in [-0.05, 0) is 44.5 Å². The Hall–Kier alpha value is -2.88. The van der Waals surface area contributed by atoms with Crippen LogP contribution in [0.15, 0.2) is 54.6 Å². The van der Waals surface area contributed by atoms with Crippen molar-refractivity contribution in [2.75, 3.05) is 0 Å². The zero-order valence-electron chi connectivity index (χ0n) is 14.2. The summed E-state index contributed by atoms with van der Waals surface area (Å²) in [4.78, 5) is 13.2. The zero-order chi connectivity index (χ0) is 17.3. The lowest BCUT2D eigenvalue weighted by Crippen LogP contribution is -2.29. The van der Waals surface area contributed by atoms with Gasteiger partial charge in [0.25, 0.3) is 11.4 Å². The van der Waals surface area contributed by atoms with E-state index in [1.807, 2.05) is 68.4 Å². The molecular formula is C20H21N2O2+. The predicted molar refractivity (Wildman–Crippen MR) is 94.7 cm³/mol. The van der Waals surface area contributed by atoms with Gasteiger partial charge < -0.3 is 5.21 Å². The van der Waals surface area contributed by atoms with Crippen molar-refractivity contribution in [3.8, 4) is 22.5 Å². The lowest BCUT2D eigenvalue weighted by Gasteiger charge is -2.11. The average Bonchev–Trinajstić information content (AvgIpc) is 2.60. The summed E-state index contributed by atoms with van der Waals surface area (Å²) < 4.78 is 2.09. The summed E-state index contributed by atoms with van der Waals surface area (Å²) in [5.74, 6) is 0. The minimum atomic E-state index is 0.466. The Kier molecular flexibility index (Phi) is 4.21. The maximum absolute atomic E-state index is 13.2. The van der Waals surface area contributed by atoms with E-state index in [1.54, 1.807) is 6.92 Å². The molecule has 0 atom stereocenters. The molecule has 0 fully saturated rings. The SMILES string of the molecule is CCc1c(-c2ccccc2)[n+](=O)c(-c2ccc(C)cc2)c(C)n1O. The second-order valence-corrected chi connectivity index (χ2v) is 5.92. The molecule has 0 aliphatic rings. The summed E-state index contributed by atoms with van der Waals surface area (Å²) in [5, 5.41) is 10.6. The van der Waals surface area contributed by atoms with Gasteiger partial charge in [-0.25, -0.2) is 0 Å². The molecule has 24 heavy (non-hydrogen) atoms. The van der Waals surface area contributed by atoms with Gasteiger partial charge in [-0.1, -0.05) is 42.8 Å². The van der Waals surface area contributed by atoms with Crippen LogP contribution in [0.4, 0.5) is 0 Å². The number of hydrogen-bond acceptors (Lipinski definition) is 2. The number of nitrogens with zero attached hydrogens (tertiary/aromatic N) is 2. The third-order valence-electron chi connectivity index (χ3n) is 4.30. The highest BCUT2D eigenvalue weighted by Crippen LogP contribution is 2.26. The third-order valence-corrected chi connectivity index (χ3v) is 4.30. The molecule has 3 aromatic rings. The van der Waals surface area contributed by atoms with E-state index in [0.717, 1.165) is 25.8 Å². The van der Waals surface area contributed by atoms with Gasteiger partial charge in [0.1, 0.15) is 11.4 Å². The molecule has 4 nitrogen and oxygen atoms in total. The number of aryl methyl sites for hydroxylation is 1. The van der Waals surface area contributed by atoms with Crippen molar-refractivity contribution >= 4 is 0 Å². The Bertz CT molecular complexity index is 927. The van der Waals surface area contributed by atoms with E-state index in [9.17, 15) is 10.1 Å². The first-order chi connectivity index (χ1) is 11.5. The minimum absolute atomic E-state index is 0.466. The highest BCUT2D eigenvalue weighted by molar-refractivity contribution is 5.64. The van der Waals surface area contributed by atoms with Gasteiger partial charge in [0, 0.05) is 4.91 Å². The summed E-state index contributed by atoms with van der Waals surface area (Å²) in [7, 11) is 0. The molecule has 2 aromatic carbocycles. The molecule has 1 N–H and O–H groups in total. The van der Waals surface area contributed by atoms with Gasteiger partial charge in [-0.15, -0.1) is 0 Å². The van der Waals surface area contributed by atoms with Crippen LogP contribution in [0.5, 0.6) is 0 Å². The second kappa shape index (κ2) is 6.32. The number of rotatable bonds is 3. The Labute approximate surface area is 141 Å². The second-order valence-electron chi connectivity index (χ2n) is 5.92. The molecule has 0 radical (unpaired) electrons. The van der Waals surface area contributed by atoms with Crippen LogP contribution >= 0.6 is 0 Å². The molecule has 0 saturated carbocycles. The van der Waals surface area contributed by atoms with Crippen LogP contribution in [0.2, 0.25) is 0 Å². The van der Waals surface area contributed by atoms with Crippen LogP contribution in [-0.2, 0) is 6.42 Å². The smallest absolute Gasteiger partial charge is 0.293 e. The van der Waals surface area contributed by atoms with Gasteiger partial charge in [0.15, 0.2) is 0 Å². The lowest BCUT2D eigenvalue weighted by atomic mass is 10.0. The topological polar surface area (TPSA) is 48.1 Å². The van der Waals surface area contributed by atoms with Crippen molar-refractivity contribution in [1.29, 1.82) is 0 Å². The maximum atomic E-state index is 13.2. The van der Waals surface area contributed by atoms with Crippen molar-refractivity contribution in [2.45, 2.75) is 27.2 Å². The normalized spacial score (nSPS) is 10.8. The van der Waals surface area contributed by atoms with Crippen LogP contribution in [0, 0.1) is 18.8 Å². The summed E-state index contributed by atoms with van der Waals surface area (Å²) in [5.41, 5.74) is 4.79. The van der Waals surface area contributed by atoms with Crippen molar-refractivity contribution in [2.24, 2.45) is 0 Å². The largest absolute Gasteiger partial charge is 0.428 e. The molecule has 0 aliphatic carbocycles. The van der Waals surface area contributed by atoms with E-state index >= 15 is 0 Å². The highest BCUT2D eigenvalue weighted by atomic mass is 16.5. The Morgan fingerprint density at radius 3 is 2.08 bits per heavy atom. The zero-order valence-corrected chi connectivity index (χ0v) is 14.2. The standard InChI is InChI=1S/C20H21N2O2/c1-4-18-20(16-8-6-5-7-9-16)22(24)19(15(3)21(18)23)17-12-10-14(2)11-13-17/h5-13,23H,4H2,1-3H3/q+1. The molecule has 0 amide bonds. The predicted octanol–water partition coefficient (Wildman–Crippen LogP) is 4.15. The Morgan fingerprint density at radius 2 is 1.50 bits per heavy atom. The van der Waals surface area contributed by atoms with Crippen molar-refractivity contribution in [3.05, 3.63) is 76.5 Å². The van der Waals surface area contributed by atoms with E-state index < -0.39 is 0 Å². The lowest BCUT2D eigenvalue weighted by molar-refractivity contribution is -0.472. The monoisotopic (exact) mass is 321 g/mol. The van der Waals surface area contributed by atoms with Crippen LogP contribution in [0.3, 0.4) is 0 Å². The molecule has 0 saturated heterocycles. The first kappa shape index (κ1) is 16.0. The molecule has 0 spiro atoms. The highest BCUT2D eigenvalue weighted by Gasteiger charge is 2.29. The number of benzene rings is 2. The third kappa shape index (κ3) is 2.60. The van der Waals surface area contributed by atoms with Gasteiger partial charge in [-0.2, -0.15) is 4.73 Å². The van der Waals surface area contributed by atoms with E-state index in [0.29, 0.717) is 29.2 Å². The van der Waals surface area contributed by atoms with Crippen molar-refractivity contribution in [3.63, 3.8) is 0 Å². The van der Waals surface area contributed by atoms with Crippen LogP contribution in [-0.4, -0.2) is 9.94 Å². The molecule has 0 aliphatic heterocycles. The van der Waals surface area contributed by atoms with Crippen molar-refractivity contribution < 1.29 is 9.63 Å². The van der Waals surface area contributed by atoms with Crippen LogP contribution in [0.25, 0.3) is 22.5 Å². The van der Waals surface area contributed by atoms with Gasteiger partial charge >= 0.3 is 0 Å². The summed E-state index contributed by atoms with van der Waals surface area (Å²) in [6, 6.07) is 17.2. The van der Waals surface area contributed by atoms with E-state index in [1.165, 1.54) is 0 Å². The van der Waals surface area contributed by atoms with Gasteiger partial charge in [-0.3, -0.25) is 0 Å². The molecule has 122 valence electrons. The summed E-state index contributed by atoms with van der Waals surface area (Å²) in [6.45, 7) is 5.70. The van der Waals surface area contributed by atoms with Crippen LogP contribution in [0.1, 0.15) is 23.9 Å². The fourth-order valence-corrected chi connectivity index (χ4v) is 3.01. The quantitative estimate of drug-likeness (QED) is 0.582. The van der Waals surface area contributed by atoms with E-state index in [4.69, 9.17) is 0 Å². The Morgan fingerprint density at radius 1 is 0.917 bits per heavy atom. The summed E-state index contributed by atoms with van der Waals surface area (Å²) >= 11 is 0. The van der Waals surface area contributed by atoms with E-state index in [2.05, 4.69) is 0 Å². The Balaban J connectivity index is 2.38. The molecule has 1 heterocycles. The molecule has 0 unspecified atom stereocenters. The first-order valence-corrected chi connectivity index (χ1v) is 8.07. The average molecular weight is 321 g/mol. The van der Waals surface area contributed by atoms with E-state index in [-0.39, 0.29) is 0 Å². The molecule has 3 rings (SSSR count). The van der Waals surface area contributed by atoms with Gasteiger partial charge in [0.05, 0.1) is 15.6 Å². The summed E-state index contributed by atoms with van der Waals surface area (Å²) in [6.07, 6.45) is 0.554. The van der Waals surface area contributed by atoms with Crippen molar-refractivity contribution in [1.82, 2.24) is 4.73 Å². The maximum Gasteiger partial charge on any atom is 0.293 e. The fraction of sp³-hybridized carbons (Fsp3) is 0.200. The van der Waals surface area contributed by atoms with Crippen LogP contribution < -0.4 is 4.43 Å². The number of hydrogen-bond donors (Lipinski definition) is 1. The first-order valence-electron chi connectivity index (χ1n) is 8.07. The molecule has 4 heteroatoms. The minimum Gasteiger partial charge on any atom is -0.428 e. The molecule has 1 aromatic heterocycles. The fourth-order valence-electron chi connectivity index (χ4n) is 3.01. The van der Waals surface area contributed by atoms with Gasteiger partial charge in [0.2, 0.25) is 0 Å².